The van der Waals surface area contributed by atoms with Crippen LogP contribution in [-0.4, -0.2) is 39.5 Å². The summed E-state index contributed by atoms with van der Waals surface area (Å²) in [6, 6.07) is 0.174. The van der Waals surface area contributed by atoms with Crippen LogP contribution in [0.3, 0.4) is 0 Å². The number of likely N-dealkylation sites (tertiary alicyclic amines) is 1. The molecule has 0 aromatic carbocycles. The maximum Gasteiger partial charge on any atom is 0.267 e. The van der Waals surface area contributed by atoms with Crippen LogP contribution in [0, 0.1) is 0 Å². The predicted octanol–water partition coefficient (Wildman–Crippen LogP) is 1.40. The predicted molar refractivity (Wildman–Crippen MR) is 71.7 cm³/mol. The summed E-state index contributed by atoms with van der Waals surface area (Å²) in [4.78, 5) is 15.1. The van der Waals surface area contributed by atoms with Crippen molar-refractivity contribution >= 4 is 17.4 Å². The van der Waals surface area contributed by atoms with Crippen molar-refractivity contribution < 1.29 is 4.79 Å². The van der Waals surface area contributed by atoms with E-state index < -0.39 is 0 Å². The minimum Gasteiger partial charge on any atom is -0.334 e. The van der Waals surface area contributed by atoms with Gasteiger partial charge in [-0.3, -0.25) is 4.79 Å². The van der Waals surface area contributed by atoms with Crippen molar-refractivity contribution in [3.05, 3.63) is 10.6 Å². The smallest absolute Gasteiger partial charge is 0.267 e. The van der Waals surface area contributed by atoms with E-state index in [9.17, 15) is 4.79 Å². The van der Waals surface area contributed by atoms with Gasteiger partial charge in [0.25, 0.3) is 5.91 Å². The fraction of sp³-hybridized carbons (Fsp3) is 0.750. The Morgan fingerprint density at radius 2 is 2.28 bits per heavy atom. The van der Waals surface area contributed by atoms with Crippen molar-refractivity contribution in [2.75, 3.05) is 13.1 Å². The van der Waals surface area contributed by atoms with E-state index >= 15 is 0 Å². The summed E-state index contributed by atoms with van der Waals surface area (Å²) in [5.41, 5.74) is 6.35. The molecule has 0 aliphatic carbocycles. The van der Waals surface area contributed by atoms with Gasteiger partial charge in [-0.2, -0.15) is 0 Å². The van der Waals surface area contributed by atoms with Gasteiger partial charge in [0.15, 0.2) is 0 Å². The highest BCUT2D eigenvalue weighted by molar-refractivity contribution is 7.08. The lowest BCUT2D eigenvalue weighted by Gasteiger charge is -2.24. The Morgan fingerprint density at radius 1 is 1.56 bits per heavy atom. The molecule has 1 atom stereocenters. The van der Waals surface area contributed by atoms with Crippen molar-refractivity contribution in [3.8, 4) is 0 Å². The highest BCUT2D eigenvalue weighted by Crippen LogP contribution is 2.28. The van der Waals surface area contributed by atoms with Gasteiger partial charge in [-0.05, 0) is 24.4 Å². The first-order valence-corrected chi connectivity index (χ1v) is 7.06. The number of rotatable bonds is 2. The molecule has 1 fully saturated rings. The largest absolute Gasteiger partial charge is 0.334 e. The van der Waals surface area contributed by atoms with Crippen LogP contribution in [0.2, 0.25) is 0 Å². The van der Waals surface area contributed by atoms with Gasteiger partial charge in [0.2, 0.25) is 0 Å². The van der Waals surface area contributed by atoms with Gasteiger partial charge in [0.05, 0.1) is 5.69 Å². The van der Waals surface area contributed by atoms with Crippen LogP contribution >= 0.6 is 11.5 Å². The Labute approximate surface area is 112 Å². The summed E-state index contributed by atoms with van der Waals surface area (Å²) in [6.07, 6.45) is 2.03. The minimum absolute atomic E-state index is 0.0443. The molecule has 0 saturated carbocycles. The Morgan fingerprint density at radius 3 is 2.89 bits per heavy atom. The minimum atomic E-state index is -0.157. The Hall–Kier alpha value is -1.01. The van der Waals surface area contributed by atoms with E-state index in [1.54, 1.807) is 0 Å². The van der Waals surface area contributed by atoms with Crippen LogP contribution in [0.15, 0.2) is 0 Å². The molecule has 0 bridgehead atoms. The lowest BCUT2D eigenvalue weighted by atomic mass is 9.91. The number of hydrogen-bond acceptors (Lipinski definition) is 5. The molecule has 1 aliphatic rings. The Balaban J connectivity index is 2.27. The summed E-state index contributed by atoms with van der Waals surface area (Å²) in [5.74, 6) is 0.0443. The first-order valence-electron chi connectivity index (χ1n) is 6.29. The summed E-state index contributed by atoms with van der Waals surface area (Å²) in [6.45, 7) is 7.46. The topological polar surface area (TPSA) is 72.1 Å². The van der Waals surface area contributed by atoms with E-state index in [4.69, 9.17) is 5.73 Å². The number of nitrogens with two attached hydrogens (primary N) is 1. The molecule has 6 heteroatoms. The average Bonchev–Trinajstić information content (AvgIpc) is 2.95. The van der Waals surface area contributed by atoms with Gasteiger partial charge < -0.3 is 10.6 Å². The molecule has 0 spiro atoms. The maximum atomic E-state index is 12.5. The van der Waals surface area contributed by atoms with Crippen LogP contribution in [0.5, 0.6) is 0 Å². The molecule has 1 aromatic rings. The second-order valence-corrected chi connectivity index (χ2v) is 6.49. The van der Waals surface area contributed by atoms with Crippen LogP contribution in [0.1, 0.15) is 49.0 Å². The number of carbonyl (C=O) groups is 1. The second kappa shape index (κ2) is 4.93. The zero-order chi connectivity index (χ0) is 13.3. The number of nitrogens with zero attached hydrogens (tertiary/aromatic N) is 3. The molecule has 2 heterocycles. The monoisotopic (exact) mass is 268 g/mol. The lowest BCUT2D eigenvalue weighted by molar-refractivity contribution is 0.0743. The molecule has 1 saturated heterocycles. The van der Waals surface area contributed by atoms with E-state index in [1.807, 2.05) is 25.7 Å². The summed E-state index contributed by atoms with van der Waals surface area (Å²) in [5, 5.41) is 4.12. The molecule has 18 heavy (non-hydrogen) atoms. The molecule has 2 rings (SSSR count). The van der Waals surface area contributed by atoms with E-state index in [-0.39, 0.29) is 17.4 Å². The standard InChI is InChI=1S/C12H20N4OS/c1-12(2,3)10-9(18-15-14-10)11(17)16-6-4-5-8(16)7-13/h8H,4-7,13H2,1-3H3. The highest BCUT2D eigenvalue weighted by atomic mass is 32.1. The zero-order valence-electron chi connectivity index (χ0n) is 11.1. The van der Waals surface area contributed by atoms with Gasteiger partial charge in [-0.25, -0.2) is 0 Å². The SMILES string of the molecule is CC(C)(C)c1nnsc1C(=O)N1CCCC1CN. The molecule has 0 radical (unpaired) electrons. The van der Waals surface area contributed by atoms with Crippen LogP contribution < -0.4 is 5.73 Å². The van der Waals surface area contributed by atoms with Crippen LogP contribution in [-0.2, 0) is 5.41 Å². The van der Waals surface area contributed by atoms with Crippen molar-refractivity contribution in [1.82, 2.24) is 14.5 Å². The number of hydrogen-bond donors (Lipinski definition) is 1. The number of carbonyl (C=O) groups excluding carboxylic acids is 1. The Bertz CT molecular complexity index is 438. The number of amides is 1. The van der Waals surface area contributed by atoms with Crippen molar-refractivity contribution in [2.24, 2.45) is 5.73 Å². The molecule has 1 aromatic heterocycles. The Kier molecular flexibility index (Phi) is 3.68. The lowest BCUT2D eigenvalue weighted by Crippen LogP contribution is -2.40. The first kappa shape index (κ1) is 13.4. The maximum absolute atomic E-state index is 12.5. The molecule has 1 unspecified atom stereocenters. The van der Waals surface area contributed by atoms with E-state index in [0.29, 0.717) is 11.4 Å². The summed E-state index contributed by atoms with van der Waals surface area (Å²) in [7, 11) is 0. The van der Waals surface area contributed by atoms with E-state index in [0.717, 1.165) is 25.1 Å². The van der Waals surface area contributed by atoms with Crippen LogP contribution in [0.25, 0.3) is 0 Å². The normalized spacial score (nSPS) is 20.4. The molecule has 5 nitrogen and oxygen atoms in total. The first-order chi connectivity index (χ1) is 8.45. The highest BCUT2D eigenvalue weighted by Gasteiger charge is 2.33. The molecular weight excluding hydrogens is 248 g/mol. The van der Waals surface area contributed by atoms with Gasteiger partial charge in [0.1, 0.15) is 4.88 Å². The molecule has 1 aliphatic heterocycles. The van der Waals surface area contributed by atoms with E-state index in [1.165, 1.54) is 11.5 Å². The zero-order valence-corrected chi connectivity index (χ0v) is 12.0. The molecular formula is C12H20N4OS. The fourth-order valence-corrected chi connectivity index (χ4v) is 3.13. The summed E-state index contributed by atoms with van der Waals surface area (Å²) < 4.78 is 3.94. The quantitative estimate of drug-likeness (QED) is 0.880. The summed E-state index contributed by atoms with van der Waals surface area (Å²) >= 11 is 1.19. The third-order valence-corrected chi connectivity index (χ3v) is 4.02. The van der Waals surface area contributed by atoms with Crippen molar-refractivity contribution in [2.45, 2.75) is 45.1 Å². The third-order valence-electron chi connectivity index (χ3n) is 3.30. The van der Waals surface area contributed by atoms with Crippen molar-refractivity contribution in [1.29, 1.82) is 0 Å². The molecule has 2 N–H and O–H groups in total. The van der Waals surface area contributed by atoms with Gasteiger partial charge in [-0.1, -0.05) is 25.3 Å². The molecule has 1 amide bonds. The fourth-order valence-electron chi connectivity index (χ4n) is 2.30. The van der Waals surface area contributed by atoms with E-state index in [2.05, 4.69) is 9.59 Å². The third kappa shape index (κ3) is 2.40. The van der Waals surface area contributed by atoms with Crippen molar-refractivity contribution in [3.63, 3.8) is 0 Å². The molecule has 100 valence electrons. The van der Waals surface area contributed by atoms with Gasteiger partial charge in [-0.15, -0.1) is 5.10 Å². The van der Waals surface area contributed by atoms with Gasteiger partial charge >= 0.3 is 0 Å². The van der Waals surface area contributed by atoms with Gasteiger partial charge in [0, 0.05) is 24.5 Å². The number of aromatic nitrogens is 2. The van der Waals surface area contributed by atoms with Crippen LogP contribution in [0.4, 0.5) is 0 Å². The average molecular weight is 268 g/mol. The second-order valence-electron chi connectivity index (χ2n) is 5.73.